The Morgan fingerprint density at radius 1 is 1.50 bits per heavy atom. The van der Waals surface area contributed by atoms with Crippen LogP contribution in [-0.4, -0.2) is 35.2 Å². The zero-order chi connectivity index (χ0) is 9.14. The molecular formula is C10H21NO. The fraction of sp³-hybridized carbons (Fsp3) is 1.00. The number of hydrogen-bond acceptors (Lipinski definition) is 2. The quantitative estimate of drug-likeness (QED) is 0.695. The first kappa shape index (κ1) is 10.0. The Balaban J connectivity index is 2.23. The van der Waals surface area contributed by atoms with E-state index in [1.165, 1.54) is 6.42 Å². The average Bonchev–Trinajstić information content (AvgIpc) is 2.26. The lowest BCUT2D eigenvalue weighted by atomic mass is 10.1. The summed E-state index contributed by atoms with van der Waals surface area (Å²) in [5.41, 5.74) is 0. The molecule has 1 fully saturated rings. The molecule has 0 radical (unpaired) electrons. The molecule has 2 heteroatoms. The van der Waals surface area contributed by atoms with Crippen LogP contribution in [0.15, 0.2) is 0 Å². The van der Waals surface area contributed by atoms with E-state index in [9.17, 15) is 5.11 Å². The molecule has 2 nitrogen and oxygen atoms in total. The second-order valence-corrected chi connectivity index (χ2v) is 4.42. The van der Waals surface area contributed by atoms with Gasteiger partial charge in [-0.1, -0.05) is 13.8 Å². The van der Waals surface area contributed by atoms with E-state index in [0.29, 0.717) is 6.04 Å². The number of nitrogens with zero attached hydrogens (tertiary/aromatic N) is 1. The normalized spacial score (nSPS) is 31.8. The van der Waals surface area contributed by atoms with E-state index < -0.39 is 0 Å². The molecule has 1 N–H and O–H groups in total. The van der Waals surface area contributed by atoms with Gasteiger partial charge in [-0.15, -0.1) is 0 Å². The van der Waals surface area contributed by atoms with E-state index in [-0.39, 0.29) is 6.10 Å². The lowest BCUT2D eigenvalue weighted by Crippen LogP contribution is -2.29. The highest BCUT2D eigenvalue weighted by molar-refractivity contribution is 4.81. The smallest absolute Gasteiger partial charge is 0.0682 e. The molecule has 1 saturated heterocycles. The highest BCUT2D eigenvalue weighted by Crippen LogP contribution is 2.18. The van der Waals surface area contributed by atoms with Crippen LogP contribution in [0.25, 0.3) is 0 Å². The molecule has 1 aliphatic heterocycles. The fourth-order valence-corrected chi connectivity index (χ4v) is 1.80. The van der Waals surface area contributed by atoms with Crippen LogP contribution in [0.3, 0.4) is 0 Å². The Morgan fingerprint density at radius 3 is 2.58 bits per heavy atom. The molecule has 1 aliphatic rings. The zero-order valence-electron chi connectivity index (χ0n) is 8.45. The van der Waals surface area contributed by atoms with E-state index in [1.807, 2.05) is 0 Å². The highest BCUT2D eigenvalue weighted by Gasteiger charge is 2.26. The summed E-state index contributed by atoms with van der Waals surface area (Å²) in [6.07, 6.45) is 2.13. The number of β-amino-alcohol motifs (C(OH)–C–C–N with tert-alkyl or cyclic N) is 1. The van der Waals surface area contributed by atoms with E-state index >= 15 is 0 Å². The van der Waals surface area contributed by atoms with Gasteiger partial charge in [0, 0.05) is 12.6 Å². The van der Waals surface area contributed by atoms with Crippen molar-refractivity contribution in [1.29, 1.82) is 0 Å². The van der Waals surface area contributed by atoms with Crippen LogP contribution in [0.4, 0.5) is 0 Å². The molecule has 1 rings (SSSR count). The van der Waals surface area contributed by atoms with Gasteiger partial charge in [0.2, 0.25) is 0 Å². The van der Waals surface area contributed by atoms with Gasteiger partial charge in [-0.25, -0.2) is 0 Å². The molecule has 0 spiro atoms. The minimum Gasteiger partial charge on any atom is -0.392 e. The third kappa shape index (κ3) is 2.76. The molecule has 1 heterocycles. The van der Waals surface area contributed by atoms with Crippen molar-refractivity contribution in [2.75, 3.05) is 13.1 Å². The molecule has 0 aromatic carbocycles. The topological polar surface area (TPSA) is 23.5 Å². The van der Waals surface area contributed by atoms with E-state index in [2.05, 4.69) is 25.7 Å². The second-order valence-electron chi connectivity index (χ2n) is 4.42. The van der Waals surface area contributed by atoms with Crippen LogP contribution in [0.5, 0.6) is 0 Å². The van der Waals surface area contributed by atoms with Gasteiger partial charge in [-0.2, -0.15) is 0 Å². The molecule has 0 aromatic heterocycles. The number of rotatable bonds is 3. The monoisotopic (exact) mass is 171 g/mol. The lowest BCUT2D eigenvalue weighted by Gasteiger charge is -2.21. The summed E-state index contributed by atoms with van der Waals surface area (Å²) < 4.78 is 0. The van der Waals surface area contributed by atoms with Crippen molar-refractivity contribution in [2.24, 2.45) is 5.92 Å². The van der Waals surface area contributed by atoms with Crippen molar-refractivity contribution in [3.05, 3.63) is 0 Å². The molecular weight excluding hydrogens is 150 g/mol. The van der Waals surface area contributed by atoms with Gasteiger partial charge in [0.15, 0.2) is 0 Å². The van der Waals surface area contributed by atoms with Crippen LogP contribution >= 0.6 is 0 Å². The minimum atomic E-state index is -0.0767. The van der Waals surface area contributed by atoms with Crippen molar-refractivity contribution < 1.29 is 5.11 Å². The predicted molar refractivity (Wildman–Crippen MR) is 51.1 cm³/mol. The van der Waals surface area contributed by atoms with E-state index in [4.69, 9.17) is 0 Å². The van der Waals surface area contributed by atoms with E-state index in [1.54, 1.807) is 0 Å². The summed E-state index contributed by atoms with van der Waals surface area (Å²) in [6, 6.07) is 0.582. The molecule has 2 atom stereocenters. The number of aliphatic hydroxyl groups excluding tert-OH is 1. The van der Waals surface area contributed by atoms with Crippen molar-refractivity contribution >= 4 is 0 Å². The van der Waals surface area contributed by atoms with Gasteiger partial charge in [-0.05, 0) is 32.2 Å². The molecule has 0 aliphatic carbocycles. The Bertz CT molecular complexity index is 136. The minimum absolute atomic E-state index is 0.0767. The molecule has 12 heavy (non-hydrogen) atoms. The number of hydrogen-bond donors (Lipinski definition) is 1. The van der Waals surface area contributed by atoms with Gasteiger partial charge in [0.05, 0.1) is 6.10 Å². The van der Waals surface area contributed by atoms with Crippen LogP contribution in [0.1, 0.15) is 33.6 Å². The van der Waals surface area contributed by atoms with Crippen molar-refractivity contribution in [3.63, 3.8) is 0 Å². The van der Waals surface area contributed by atoms with Crippen molar-refractivity contribution in [1.82, 2.24) is 4.90 Å². The summed E-state index contributed by atoms with van der Waals surface area (Å²) >= 11 is 0. The molecule has 0 unspecified atom stereocenters. The number of aliphatic hydroxyl groups is 1. The Morgan fingerprint density at radius 2 is 2.17 bits per heavy atom. The first-order valence-corrected chi connectivity index (χ1v) is 5.01. The van der Waals surface area contributed by atoms with Gasteiger partial charge < -0.3 is 5.11 Å². The second kappa shape index (κ2) is 4.24. The summed E-state index contributed by atoms with van der Waals surface area (Å²) in [5.74, 6) is 0.773. The highest BCUT2D eigenvalue weighted by atomic mass is 16.3. The van der Waals surface area contributed by atoms with Crippen molar-refractivity contribution in [3.8, 4) is 0 Å². The maximum absolute atomic E-state index is 9.39. The first-order valence-electron chi connectivity index (χ1n) is 5.01. The average molecular weight is 171 g/mol. The van der Waals surface area contributed by atoms with Gasteiger partial charge in [0.1, 0.15) is 0 Å². The zero-order valence-corrected chi connectivity index (χ0v) is 8.45. The third-order valence-electron chi connectivity index (χ3n) is 2.68. The summed E-state index contributed by atoms with van der Waals surface area (Å²) in [6.45, 7) is 8.73. The third-order valence-corrected chi connectivity index (χ3v) is 2.68. The lowest BCUT2D eigenvalue weighted by molar-refractivity contribution is 0.173. The Kier molecular flexibility index (Phi) is 3.53. The maximum atomic E-state index is 9.39. The summed E-state index contributed by atoms with van der Waals surface area (Å²) in [7, 11) is 0. The predicted octanol–water partition coefficient (Wildman–Crippen LogP) is 1.49. The SMILES string of the molecule is CC(C)CCN1C[C@H](O)C[C@@H]1C. The fourth-order valence-electron chi connectivity index (χ4n) is 1.80. The Hall–Kier alpha value is -0.0800. The molecule has 0 bridgehead atoms. The van der Waals surface area contributed by atoms with Gasteiger partial charge in [0.25, 0.3) is 0 Å². The number of likely N-dealkylation sites (tertiary alicyclic amines) is 1. The standard InChI is InChI=1S/C10H21NO/c1-8(2)4-5-11-7-10(12)6-9(11)3/h8-10,12H,4-7H2,1-3H3/t9-,10+/m0/s1. The molecule has 72 valence electrons. The van der Waals surface area contributed by atoms with Crippen LogP contribution < -0.4 is 0 Å². The molecule has 0 saturated carbocycles. The summed E-state index contributed by atoms with van der Waals surface area (Å²) in [4.78, 5) is 2.39. The first-order chi connectivity index (χ1) is 5.59. The Labute approximate surface area is 75.6 Å². The van der Waals surface area contributed by atoms with Crippen LogP contribution in [0, 0.1) is 5.92 Å². The van der Waals surface area contributed by atoms with Gasteiger partial charge >= 0.3 is 0 Å². The molecule has 0 aromatic rings. The van der Waals surface area contributed by atoms with Gasteiger partial charge in [-0.3, -0.25) is 4.90 Å². The summed E-state index contributed by atoms with van der Waals surface area (Å²) in [5, 5.41) is 9.39. The van der Waals surface area contributed by atoms with E-state index in [0.717, 1.165) is 25.4 Å². The maximum Gasteiger partial charge on any atom is 0.0682 e. The van der Waals surface area contributed by atoms with Crippen molar-refractivity contribution in [2.45, 2.75) is 45.8 Å². The van der Waals surface area contributed by atoms with Crippen LogP contribution in [0.2, 0.25) is 0 Å². The largest absolute Gasteiger partial charge is 0.392 e. The van der Waals surface area contributed by atoms with Crippen LogP contribution in [-0.2, 0) is 0 Å². The molecule has 0 amide bonds.